The number of hydrogen-bond donors (Lipinski definition) is 3. The van der Waals surface area contributed by atoms with Gasteiger partial charge in [-0.05, 0) is 13.0 Å². The van der Waals surface area contributed by atoms with Crippen LogP contribution in [0.5, 0.6) is 0 Å². The van der Waals surface area contributed by atoms with E-state index >= 15 is 0 Å². The van der Waals surface area contributed by atoms with Crippen molar-refractivity contribution < 1.29 is 4.79 Å². The topological polar surface area (TPSA) is 127 Å². The third-order valence-electron chi connectivity index (χ3n) is 2.09. The summed E-state index contributed by atoms with van der Waals surface area (Å²) >= 11 is 0. The number of H-pyrrole nitrogens is 1. The van der Waals surface area contributed by atoms with E-state index in [-0.39, 0.29) is 18.5 Å². The van der Waals surface area contributed by atoms with Gasteiger partial charge in [-0.1, -0.05) is 5.21 Å². The van der Waals surface area contributed by atoms with Crippen LogP contribution < -0.4 is 11.1 Å². The van der Waals surface area contributed by atoms with Gasteiger partial charge in [0.2, 0.25) is 5.91 Å². The van der Waals surface area contributed by atoms with Crippen LogP contribution in [0.3, 0.4) is 0 Å². The van der Waals surface area contributed by atoms with Crippen LogP contribution in [0, 0.1) is 0 Å². The number of nitrogen functional groups attached to an aromatic ring is 1. The molecule has 1 unspecified atom stereocenters. The van der Waals surface area contributed by atoms with Gasteiger partial charge in [-0.2, -0.15) is 10.3 Å². The largest absolute Gasteiger partial charge is 0.382 e. The van der Waals surface area contributed by atoms with Crippen LogP contribution in [-0.4, -0.2) is 36.3 Å². The minimum absolute atomic E-state index is 0.0966. The number of amides is 1. The Hall–Kier alpha value is -2.45. The summed E-state index contributed by atoms with van der Waals surface area (Å²) in [7, 11) is 0. The van der Waals surface area contributed by atoms with Crippen molar-refractivity contribution in [3.63, 3.8) is 0 Å². The van der Waals surface area contributed by atoms with Crippen LogP contribution in [0.25, 0.3) is 0 Å². The average molecular weight is 236 g/mol. The van der Waals surface area contributed by atoms with Gasteiger partial charge in [-0.15, -0.1) is 10.2 Å². The Morgan fingerprint density at radius 1 is 1.71 bits per heavy atom. The molecule has 2 aromatic rings. The summed E-state index contributed by atoms with van der Waals surface area (Å²) in [6, 6.07) is 1.31. The Kier molecular flexibility index (Phi) is 2.99. The molecule has 0 saturated carbocycles. The number of nitrogens with one attached hydrogen (secondary N) is 2. The van der Waals surface area contributed by atoms with Crippen molar-refractivity contribution in [2.24, 2.45) is 0 Å². The summed E-state index contributed by atoms with van der Waals surface area (Å²) in [5, 5.41) is 19.9. The van der Waals surface area contributed by atoms with E-state index in [0.29, 0.717) is 11.6 Å². The molecule has 0 spiro atoms. The van der Waals surface area contributed by atoms with Crippen LogP contribution in [0.2, 0.25) is 0 Å². The van der Waals surface area contributed by atoms with Crippen LogP contribution in [0.15, 0.2) is 12.3 Å². The molecule has 0 radical (unpaired) electrons. The molecule has 0 aliphatic carbocycles. The average Bonchev–Trinajstić information content (AvgIpc) is 2.89. The van der Waals surface area contributed by atoms with Gasteiger partial charge in [0.1, 0.15) is 12.4 Å². The van der Waals surface area contributed by atoms with Crippen LogP contribution in [-0.2, 0) is 11.3 Å². The first-order valence-corrected chi connectivity index (χ1v) is 4.97. The van der Waals surface area contributed by atoms with E-state index in [2.05, 4.69) is 31.0 Å². The highest BCUT2D eigenvalue weighted by atomic mass is 16.2. The molecule has 1 amide bonds. The third-order valence-corrected chi connectivity index (χ3v) is 2.09. The molecule has 0 aliphatic rings. The van der Waals surface area contributed by atoms with Crippen molar-refractivity contribution >= 4 is 11.7 Å². The molecule has 0 fully saturated rings. The van der Waals surface area contributed by atoms with Gasteiger partial charge < -0.3 is 11.1 Å². The predicted octanol–water partition coefficient (Wildman–Crippen LogP) is -1.14. The van der Waals surface area contributed by atoms with E-state index in [1.165, 1.54) is 4.68 Å². The Balaban J connectivity index is 1.89. The lowest BCUT2D eigenvalue weighted by Crippen LogP contribution is -2.30. The van der Waals surface area contributed by atoms with Gasteiger partial charge in [0.15, 0.2) is 5.82 Å². The number of carbonyl (C=O) groups is 1. The summed E-state index contributed by atoms with van der Waals surface area (Å²) in [6.45, 7) is 1.86. The van der Waals surface area contributed by atoms with Crippen molar-refractivity contribution in [2.45, 2.75) is 19.5 Å². The van der Waals surface area contributed by atoms with Gasteiger partial charge in [0, 0.05) is 6.20 Å². The predicted molar refractivity (Wildman–Crippen MR) is 57.4 cm³/mol. The van der Waals surface area contributed by atoms with E-state index in [1.54, 1.807) is 19.2 Å². The van der Waals surface area contributed by atoms with E-state index in [0.717, 1.165) is 0 Å². The second-order valence-corrected chi connectivity index (χ2v) is 3.50. The minimum Gasteiger partial charge on any atom is -0.382 e. The summed E-state index contributed by atoms with van der Waals surface area (Å²) in [5.41, 5.74) is 5.44. The van der Waals surface area contributed by atoms with Crippen molar-refractivity contribution in [1.29, 1.82) is 0 Å². The summed E-state index contributed by atoms with van der Waals surface area (Å²) in [4.78, 5) is 11.6. The summed E-state index contributed by atoms with van der Waals surface area (Å²) < 4.78 is 1.45. The molecule has 9 nitrogen and oxygen atoms in total. The molecule has 17 heavy (non-hydrogen) atoms. The molecule has 90 valence electrons. The van der Waals surface area contributed by atoms with Crippen molar-refractivity contribution in [3.8, 4) is 0 Å². The number of hydrogen-bond acceptors (Lipinski definition) is 6. The molecule has 2 heterocycles. The number of rotatable bonds is 4. The molecule has 2 rings (SSSR count). The van der Waals surface area contributed by atoms with Crippen molar-refractivity contribution in [1.82, 2.24) is 35.7 Å². The zero-order valence-corrected chi connectivity index (χ0v) is 9.16. The number of aromatic amines is 1. The van der Waals surface area contributed by atoms with Gasteiger partial charge in [0.05, 0.1) is 6.04 Å². The monoisotopic (exact) mass is 236 g/mol. The van der Waals surface area contributed by atoms with Gasteiger partial charge >= 0.3 is 0 Å². The number of anilines is 1. The molecule has 0 aromatic carbocycles. The SMILES string of the molecule is CC(NC(=O)Cn1ccc(N)n1)c1nn[nH]n1. The normalized spacial score (nSPS) is 12.3. The summed E-state index contributed by atoms with van der Waals surface area (Å²) in [5.74, 6) is 0.604. The Morgan fingerprint density at radius 2 is 2.53 bits per heavy atom. The molecular weight excluding hydrogens is 224 g/mol. The summed E-state index contributed by atoms with van der Waals surface area (Å²) in [6.07, 6.45) is 1.63. The van der Waals surface area contributed by atoms with Crippen LogP contribution in [0.1, 0.15) is 18.8 Å². The number of carbonyl (C=O) groups excluding carboxylic acids is 1. The Morgan fingerprint density at radius 3 is 3.12 bits per heavy atom. The van der Waals surface area contributed by atoms with E-state index in [1.807, 2.05) is 0 Å². The first-order valence-electron chi connectivity index (χ1n) is 4.97. The highest BCUT2D eigenvalue weighted by Crippen LogP contribution is 2.03. The number of aromatic nitrogens is 6. The zero-order valence-electron chi connectivity index (χ0n) is 9.16. The number of tetrazole rings is 1. The van der Waals surface area contributed by atoms with Gasteiger partial charge in [-0.25, -0.2) is 0 Å². The molecular formula is C8H12N8O. The fraction of sp³-hybridized carbons (Fsp3) is 0.375. The number of nitrogens with two attached hydrogens (primary N) is 1. The van der Waals surface area contributed by atoms with Gasteiger partial charge in [-0.3, -0.25) is 9.48 Å². The fourth-order valence-corrected chi connectivity index (χ4v) is 1.32. The van der Waals surface area contributed by atoms with Crippen molar-refractivity contribution in [2.75, 3.05) is 5.73 Å². The van der Waals surface area contributed by atoms with E-state index in [9.17, 15) is 4.79 Å². The van der Waals surface area contributed by atoms with Crippen molar-refractivity contribution in [3.05, 3.63) is 18.1 Å². The van der Waals surface area contributed by atoms with Crippen LogP contribution in [0.4, 0.5) is 5.82 Å². The molecule has 4 N–H and O–H groups in total. The van der Waals surface area contributed by atoms with Crippen LogP contribution >= 0.6 is 0 Å². The molecule has 2 aromatic heterocycles. The smallest absolute Gasteiger partial charge is 0.242 e. The Labute approximate surface area is 96.4 Å². The highest BCUT2D eigenvalue weighted by Gasteiger charge is 2.13. The molecule has 1 atom stereocenters. The molecule has 0 bridgehead atoms. The molecule has 9 heteroatoms. The van der Waals surface area contributed by atoms with E-state index in [4.69, 9.17) is 5.73 Å². The van der Waals surface area contributed by atoms with Gasteiger partial charge in [0.25, 0.3) is 0 Å². The third kappa shape index (κ3) is 2.77. The zero-order chi connectivity index (χ0) is 12.3. The maximum absolute atomic E-state index is 11.6. The number of nitrogens with zero attached hydrogens (tertiary/aromatic N) is 5. The lowest BCUT2D eigenvalue weighted by molar-refractivity contribution is -0.122. The first kappa shape index (κ1) is 11.0. The second kappa shape index (κ2) is 4.60. The molecule has 0 saturated heterocycles. The Bertz CT molecular complexity index is 489. The maximum atomic E-state index is 11.6. The first-order chi connectivity index (χ1) is 8.15. The maximum Gasteiger partial charge on any atom is 0.242 e. The fourth-order valence-electron chi connectivity index (χ4n) is 1.32. The second-order valence-electron chi connectivity index (χ2n) is 3.50. The standard InChI is InChI=1S/C8H12N8O/c1-5(8-11-14-15-12-8)10-7(17)4-16-3-2-6(9)13-16/h2-3,5H,4H2,1H3,(H2,9,13)(H,10,17)(H,11,12,14,15). The minimum atomic E-state index is -0.311. The quantitative estimate of drug-likeness (QED) is 0.615. The van der Waals surface area contributed by atoms with E-state index < -0.39 is 0 Å². The highest BCUT2D eigenvalue weighted by molar-refractivity contribution is 5.76. The lowest BCUT2D eigenvalue weighted by Gasteiger charge is -2.09. The lowest BCUT2D eigenvalue weighted by atomic mass is 10.3. The molecule has 0 aliphatic heterocycles.